The Morgan fingerprint density at radius 2 is 1.80 bits per heavy atom. The summed E-state index contributed by atoms with van der Waals surface area (Å²) < 4.78 is 0. The zero-order valence-electron chi connectivity index (χ0n) is 16.7. The van der Waals surface area contributed by atoms with Crippen LogP contribution in [0.15, 0.2) is 78.5 Å². The van der Waals surface area contributed by atoms with Crippen LogP contribution in [-0.4, -0.2) is 39.8 Å². The SMILES string of the molecule is Cc1ccc(C(=O)N2C/C(=C/c3ccccn3)C(=O)C(c3ccc(O)cc3)C2)cc1. The normalized spacial score (nSPS) is 17.9. The monoisotopic (exact) mass is 398 g/mol. The molecule has 1 unspecified atom stereocenters. The summed E-state index contributed by atoms with van der Waals surface area (Å²) in [5.41, 5.74) is 3.66. The van der Waals surface area contributed by atoms with Crippen molar-refractivity contribution in [3.05, 3.63) is 101 Å². The molecule has 0 bridgehead atoms. The van der Waals surface area contributed by atoms with Crippen molar-refractivity contribution in [1.82, 2.24) is 9.88 Å². The number of piperidine rings is 1. The minimum atomic E-state index is -0.497. The van der Waals surface area contributed by atoms with Gasteiger partial charge in [0.25, 0.3) is 5.91 Å². The van der Waals surface area contributed by atoms with Crippen LogP contribution in [0.2, 0.25) is 0 Å². The van der Waals surface area contributed by atoms with Crippen LogP contribution in [0.25, 0.3) is 6.08 Å². The van der Waals surface area contributed by atoms with Crippen molar-refractivity contribution in [1.29, 1.82) is 0 Å². The topological polar surface area (TPSA) is 70.5 Å². The number of nitrogens with zero attached hydrogens (tertiary/aromatic N) is 2. The number of aromatic nitrogens is 1. The van der Waals surface area contributed by atoms with Gasteiger partial charge in [-0.3, -0.25) is 14.6 Å². The van der Waals surface area contributed by atoms with E-state index in [-0.39, 0.29) is 30.5 Å². The molecule has 150 valence electrons. The van der Waals surface area contributed by atoms with Crippen LogP contribution < -0.4 is 0 Å². The summed E-state index contributed by atoms with van der Waals surface area (Å²) in [6.45, 7) is 2.49. The summed E-state index contributed by atoms with van der Waals surface area (Å²) in [6, 6.07) is 19.5. The van der Waals surface area contributed by atoms with Gasteiger partial charge in [0.05, 0.1) is 11.6 Å². The number of aryl methyl sites for hydroxylation is 1. The fraction of sp³-hybridized carbons (Fsp3) is 0.160. The van der Waals surface area contributed by atoms with Gasteiger partial charge in [0.1, 0.15) is 5.75 Å². The molecule has 1 aromatic heterocycles. The number of hydrogen-bond acceptors (Lipinski definition) is 4. The summed E-state index contributed by atoms with van der Waals surface area (Å²) >= 11 is 0. The van der Waals surface area contributed by atoms with Crippen molar-refractivity contribution < 1.29 is 14.7 Å². The van der Waals surface area contributed by atoms with E-state index in [9.17, 15) is 14.7 Å². The molecule has 2 heterocycles. The Kier molecular flexibility index (Phi) is 5.44. The molecule has 5 heteroatoms. The average Bonchev–Trinajstić information content (AvgIpc) is 2.77. The van der Waals surface area contributed by atoms with E-state index in [0.29, 0.717) is 16.8 Å². The number of benzene rings is 2. The Morgan fingerprint density at radius 3 is 2.47 bits per heavy atom. The molecule has 1 fully saturated rings. The van der Waals surface area contributed by atoms with Crippen molar-refractivity contribution in [2.75, 3.05) is 13.1 Å². The number of carbonyl (C=O) groups excluding carboxylic acids is 2. The summed E-state index contributed by atoms with van der Waals surface area (Å²) in [6.07, 6.45) is 3.43. The molecule has 1 N–H and O–H groups in total. The minimum absolute atomic E-state index is 0.0284. The Balaban J connectivity index is 1.71. The second-order valence-electron chi connectivity index (χ2n) is 7.48. The van der Waals surface area contributed by atoms with Gasteiger partial charge in [0.2, 0.25) is 0 Å². The third kappa shape index (κ3) is 4.15. The van der Waals surface area contributed by atoms with Gasteiger partial charge in [-0.15, -0.1) is 0 Å². The fourth-order valence-electron chi connectivity index (χ4n) is 3.63. The van der Waals surface area contributed by atoms with Crippen LogP contribution >= 0.6 is 0 Å². The van der Waals surface area contributed by atoms with E-state index in [1.807, 2.05) is 49.4 Å². The second-order valence-corrected chi connectivity index (χ2v) is 7.48. The number of rotatable bonds is 3. The molecule has 0 spiro atoms. The molecule has 30 heavy (non-hydrogen) atoms. The Morgan fingerprint density at radius 1 is 1.07 bits per heavy atom. The first kappa shape index (κ1) is 19.6. The summed E-state index contributed by atoms with van der Waals surface area (Å²) in [4.78, 5) is 32.4. The molecule has 1 aliphatic heterocycles. The van der Waals surface area contributed by atoms with Crippen LogP contribution in [0, 0.1) is 6.92 Å². The number of aromatic hydroxyl groups is 1. The first-order chi connectivity index (χ1) is 14.5. The largest absolute Gasteiger partial charge is 0.508 e. The van der Waals surface area contributed by atoms with Gasteiger partial charge in [0.15, 0.2) is 5.78 Å². The van der Waals surface area contributed by atoms with E-state index in [0.717, 1.165) is 11.1 Å². The lowest BCUT2D eigenvalue weighted by Crippen LogP contribution is -2.44. The Bertz CT molecular complexity index is 1090. The van der Waals surface area contributed by atoms with Gasteiger partial charge in [0, 0.05) is 30.4 Å². The highest BCUT2D eigenvalue weighted by Gasteiger charge is 2.34. The van der Waals surface area contributed by atoms with E-state index in [1.165, 1.54) is 0 Å². The summed E-state index contributed by atoms with van der Waals surface area (Å²) in [7, 11) is 0. The molecule has 3 aromatic rings. The zero-order chi connectivity index (χ0) is 21.1. The van der Waals surface area contributed by atoms with Gasteiger partial charge < -0.3 is 10.0 Å². The van der Waals surface area contributed by atoms with E-state index in [2.05, 4.69) is 4.98 Å². The lowest BCUT2D eigenvalue weighted by atomic mass is 9.85. The highest BCUT2D eigenvalue weighted by atomic mass is 16.3. The number of phenols is 1. The van der Waals surface area contributed by atoms with Gasteiger partial charge in [-0.1, -0.05) is 35.9 Å². The number of carbonyl (C=O) groups is 2. The predicted octanol–water partition coefficient (Wildman–Crippen LogP) is 3.99. The van der Waals surface area contributed by atoms with Crippen LogP contribution in [0.4, 0.5) is 0 Å². The quantitative estimate of drug-likeness (QED) is 0.678. The van der Waals surface area contributed by atoms with E-state index < -0.39 is 5.92 Å². The maximum Gasteiger partial charge on any atom is 0.254 e. The van der Waals surface area contributed by atoms with Gasteiger partial charge >= 0.3 is 0 Å². The highest BCUT2D eigenvalue weighted by Crippen LogP contribution is 2.30. The lowest BCUT2D eigenvalue weighted by Gasteiger charge is -2.34. The predicted molar refractivity (Wildman–Crippen MR) is 115 cm³/mol. The van der Waals surface area contributed by atoms with E-state index in [1.54, 1.807) is 41.4 Å². The van der Waals surface area contributed by atoms with E-state index in [4.69, 9.17) is 0 Å². The van der Waals surface area contributed by atoms with Crippen molar-refractivity contribution in [3.8, 4) is 5.75 Å². The Labute approximate surface area is 175 Å². The third-order valence-electron chi connectivity index (χ3n) is 5.29. The average molecular weight is 398 g/mol. The maximum absolute atomic E-state index is 13.3. The smallest absolute Gasteiger partial charge is 0.254 e. The summed E-state index contributed by atoms with van der Waals surface area (Å²) in [5, 5.41) is 9.61. The van der Waals surface area contributed by atoms with Crippen LogP contribution in [0.5, 0.6) is 5.75 Å². The van der Waals surface area contributed by atoms with Crippen LogP contribution in [0.1, 0.15) is 33.1 Å². The van der Waals surface area contributed by atoms with Gasteiger partial charge in [-0.2, -0.15) is 0 Å². The van der Waals surface area contributed by atoms with Gasteiger partial charge in [-0.05, 0) is 55.0 Å². The third-order valence-corrected chi connectivity index (χ3v) is 5.29. The maximum atomic E-state index is 13.3. The first-order valence-corrected chi connectivity index (χ1v) is 9.82. The molecule has 5 nitrogen and oxygen atoms in total. The van der Waals surface area contributed by atoms with Crippen LogP contribution in [0.3, 0.4) is 0 Å². The Hall–Kier alpha value is -3.73. The van der Waals surface area contributed by atoms with Crippen molar-refractivity contribution in [3.63, 3.8) is 0 Å². The second kappa shape index (κ2) is 8.33. The number of Topliss-reactive ketones (excluding diaryl/α,β-unsaturated/α-hetero) is 1. The molecule has 1 saturated heterocycles. The number of pyridine rings is 1. The number of likely N-dealkylation sites (tertiary alicyclic amines) is 1. The zero-order valence-corrected chi connectivity index (χ0v) is 16.7. The molecule has 1 atom stereocenters. The molecular weight excluding hydrogens is 376 g/mol. The molecule has 0 radical (unpaired) electrons. The molecular formula is C25H22N2O3. The fourth-order valence-corrected chi connectivity index (χ4v) is 3.63. The molecule has 4 rings (SSSR count). The molecule has 0 aliphatic carbocycles. The number of ketones is 1. The van der Waals surface area contributed by atoms with Crippen molar-refractivity contribution in [2.45, 2.75) is 12.8 Å². The lowest BCUT2D eigenvalue weighted by molar-refractivity contribution is -0.118. The van der Waals surface area contributed by atoms with Crippen molar-refractivity contribution >= 4 is 17.8 Å². The van der Waals surface area contributed by atoms with Crippen molar-refractivity contribution in [2.24, 2.45) is 0 Å². The van der Waals surface area contributed by atoms with E-state index >= 15 is 0 Å². The highest BCUT2D eigenvalue weighted by molar-refractivity contribution is 6.07. The number of phenolic OH excluding ortho intramolecular Hbond substituents is 1. The summed E-state index contributed by atoms with van der Waals surface area (Å²) in [5.74, 6) is -0.500. The molecule has 1 amide bonds. The number of amides is 1. The molecule has 0 saturated carbocycles. The van der Waals surface area contributed by atoms with Crippen LogP contribution in [-0.2, 0) is 4.79 Å². The molecule has 1 aliphatic rings. The standard InChI is InChI=1S/C25H22N2O3/c1-17-5-7-19(8-6-17)25(30)27-15-20(14-21-4-2-3-13-26-21)24(29)23(16-27)18-9-11-22(28)12-10-18/h2-14,23,28H,15-16H2,1H3/b20-14-. The molecule has 2 aromatic carbocycles. The first-order valence-electron chi connectivity index (χ1n) is 9.82. The minimum Gasteiger partial charge on any atom is -0.508 e. The number of hydrogen-bond donors (Lipinski definition) is 1. The van der Waals surface area contributed by atoms with Gasteiger partial charge in [-0.25, -0.2) is 0 Å².